The van der Waals surface area contributed by atoms with Crippen LogP contribution in [0.3, 0.4) is 0 Å². The highest BCUT2D eigenvalue weighted by Crippen LogP contribution is 2.35. The molecule has 5 heteroatoms. The van der Waals surface area contributed by atoms with Crippen LogP contribution in [0.5, 0.6) is 5.75 Å². The highest BCUT2D eigenvalue weighted by molar-refractivity contribution is 9.11. The molecule has 0 unspecified atom stereocenters. The topological polar surface area (TPSA) is 9.23 Å². The van der Waals surface area contributed by atoms with Crippen molar-refractivity contribution in [1.29, 1.82) is 0 Å². The van der Waals surface area contributed by atoms with Gasteiger partial charge in [0.2, 0.25) is 8.32 Å². The molecule has 1 rings (SSSR count). The van der Waals surface area contributed by atoms with E-state index in [2.05, 4.69) is 51.5 Å². The molecule has 1 aromatic rings. The molecule has 0 N–H and O–H groups in total. The largest absolute Gasteiger partial charge is 0.543 e. The van der Waals surface area contributed by atoms with E-state index >= 15 is 0 Å². The van der Waals surface area contributed by atoms with E-state index in [0.717, 1.165) is 0 Å². The van der Waals surface area contributed by atoms with Crippen molar-refractivity contribution in [2.45, 2.75) is 19.6 Å². The Morgan fingerprint density at radius 3 is 1.93 bits per heavy atom. The quantitative estimate of drug-likeness (QED) is 0.716. The number of rotatable bonds is 2. The zero-order valence-electron chi connectivity index (χ0n) is 8.20. The second-order valence-electron chi connectivity index (χ2n) is 3.91. The van der Waals surface area contributed by atoms with E-state index in [1.54, 1.807) is 0 Å². The molecule has 0 aliphatic heterocycles. The van der Waals surface area contributed by atoms with Gasteiger partial charge in [-0.2, -0.15) is 0 Å². The lowest BCUT2D eigenvalue weighted by Gasteiger charge is -2.21. The summed E-state index contributed by atoms with van der Waals surface area (Å²) in [6, 6.07) is 2.81. The molecule has 0 spiro atoms. The molecule has 78 valence electrons. The Kier molecular flexibility index (Phi) is 3.77. The monoisotopic (exact) mass is 340 g/mol. The number of halogens is 3. The van der Waals surface area contributed by atoms with Gasteiger partial charge in [0.05, 0.1) is 8.95 Å². The minimum atomic E-state index is -1.66. The fourth-order valence-electron chi connectivity index (χ4n) is 0.933. The van der Waals surface area contributed by atoms with E-state index in [1.165, 1.54) is 12.1 Å². The molecule has 0 heterocycles. The van der Waals surface area contributed by atoms with Crippen LogP contribution in [0.15, 0.2) is 21.1 Å². The number of benzene rings is 1. The smallest absolute Gasteiger partial charge is 0.242 e. The molecular weight excluding hydrogens is 331 g/mol. The highest BCUT2D eigenvalue weighted by Gasteiger charge is 2.20. The summed E-state index contributed by atoms with van der Waals surface area (Å²) in [6.45, 7) is 6.24. The van der Waals surface area contributed by atoms with Gasteiger partial charge in [0.15, 0.2) is 0 Å². The first-order valence-electron chi connectivity index (χ1n) is 4.13. The van der Waals surface area contributed by atoms with Crippen molar-refractivity contribution in [1.82, 2.24) is 0 Å². The van der Waals surface area contributed by atoms with Gasteiger partial charge in [0.25, 0.3) is 0 Å². The first kappa shape index (κ1) is 12.2. The molecule has 0 radical (unpaired) electrons. The molecule has 14 heavy (non-hydrogen) atoms. The molecule has 0 aliphatic rings. The molecule has 0 amide bonds. The summed E-state index contributed by atoms with van der Waals surface area (Å²) in [5.41, 5.74) is 0. The van der Waals surface area contributed by atoms with Crippen LogP contribution >= 0.6 is 31.9 Å². The van der Waals surface area contributed by atoms with E-state index in [0.29, 0.717) is 14.7 Å². The lowest BCUT2D eigenvalue weighted by molar-refractivity contribution is 0.544. The van der Waals surface area contributed by atoms with Gasteiger partial charge < -0.3 is 4.43 Å². The summed E-state index contributed by atoms with van der Waals surface area (Å²) < 4.78 is 20.0. The summed E-state index contributed by atoms with van der Waals surface area (Å²) in [7, 11) is -1.66. The van der Waals surface area contributed by atoms with E-state index in [1.807, 2.05) is 0 Å². The van der Waals surface area contributed by atoms with E-state index < -0.39 is 8.32 Å². The summed E-state index contributed by atoms with van der Waals surface area (Å²) >= 11 is 6.56. The number of hydrogen-bond acceptors (Lipinski definition) is 1. The lowest BCUT2D eigenvalue weighted by Crippen LogP contribution is -2.29. The first-order chi connectivity index (χ1) is 6.29. The third-order valence-electron chi connectivity index (χ3n) is 1.37. The maximum atomic E-state index is 12.9. The lowest BCUT2D eigenvalue weighted by atomic mass is 10.3. The molecule has 0 saturated heterocycles. The van der Waals surface area contributed by atoms with Crippen LogP contribution in [0, 0.1) is 5.82 Å². The molecule has 0 aromatic heterocycles. The molecule has 1 aromatic carbocycles. The molecule has 0 saturated carbocycles. The SMILES string of the molecule is C[Si](C)(C)Oc1c(Br)cc(F)cc1Br. The maximum absolute atomic E-state index is 12.9. The molecule has 1 nitrogen and oxygen atoms in total. The number of hydrogen-bond donors (Lipinski definition) is 0. The summed E-state index contributed by atoms with van der Waals surface area (Å²) in [5.74, 6) is 0.400. The van der Waals surface area contributed by atoms with Gasteiger partial charge in [-0.1, -0.05) is 0 Å². The molecular formula is C9H11Br2FOSi. The average molecular weight is 342 g/mol. The second-order valence-corrected chi connectivity index (χ2v) is 10.1. The van der Waals surface area contributed by atoms with Crippen molar-refractivity contribution >= 4 is 40.2 Å². The second kappa shape index (κ2) is 4.33. The van der Waals surface area contributed by atoms with Crippen LogP contribution in [0.1, 0.15) is 0 Å². The van der Waals surface area contributed by atoms with E-state index in [9.17, 15) is 4.39 Å². The molecule has 0 atom stereocenters. The Hall–Kier alpha value is 0.127. The Bertz CT molecular complexity index is 326. The van der Waals surface area contributed by atoms with E-state index in [-0.39, 0.29) is 5.82 Å². The minimum Gasteiger partial charge on any atom is -0.543 e. The van der Waals surface area contributed by atoms with Crippen molar-refractivity contribution in [3.63, 3.8) is 0 Å². The Labute approximate surface area is 101 Å². The minimum absolute atomic E-state index is 0.285. The van der Waals surface area contributed by atoms with Crippen LogP contribution in [0.2, 0.25) is 19.6 Å². The Morgan fingerprint density at radius 1 is 1.14 bits per heavy atom. The normalized spacial score (nSPS) is 11.6. The van der Waals surface area contributed by atoms with Crippen molar-refractivity contribution < 1.29 is 8.82 Å². The van der Waals surface area contributed by atoms with Crippen molar-refractivity contribution in [3.8, 4) is 5.75 Å². The van der Waals surface area contributed by atoms with Crippen molar-refractivity contribution in [2.24, 2.45) is 0 Å². The fourth-order valence-corrected chi connectivity index (χ4v) is 3.36. The predicted octanol–water partition coefficient (Wildman–Crippen LogP) is 4.56. The highest BCUT2D eigenvalue weighted by atomic mass is 79.9. The van der Waals surface area contributed by atoms with Gasteiger partial charge in [-0.25, -0.2) is 4.39 Å². The Balaban J connectivity index is 3.09. The molecule has 0 aliphatic carbocycles. The van der Waals surface area contributed by atoms with Gasteiger partial charge in [-0.15, -0.1) is 0 Å². The maximum Gasteiger partial charge on any atom is 0.242 e. The van der Waals surface area contributed by atoms with Gasteiger partial charge in [0.1, 0.15) is 11.6 Å². The van der Waals surface area contributed by atoms with Gasteiger partial charge in [-0.05, 0) is 63.6 Å². The van der Waals surface area contributed by atoms with Gasteiger partial charge >= 0.3 is 0 Å². The summed E-state index contributed by atoms with van der Waals surface area (Å²) in [5, 5.41) is 0. The molecule has 0 fully saturated rings. The standard InChI is InChI=1S/C9H11Br2FOSi/c1-14(2,3)13-9-7(10)4-6(12)5-8(9)11/h4-5H,1-3H3. The zero-order chi connectivity index (χ0) is 10.9. The van der Waals surface area contributed by atoms with Crippen molar-refractivity contribution in [2.75, 3.05) is 0 Å². The third-order valence-corrected chi connectivity index (χ3v) is 3.37. The Morgan fingerprint density at radius 2 is 1.57 bits per heavy atom. The van der Waals surface area contributed by atoms with Crippen LogP contribution in [0.25, 0.3) is 0 Å². The molecule has 0 bridgehead atoms. The van der Waals surface area contributed by atoms with Crippen LogP contribution in [-0.4, -0.2) is 8.32 Å². The first-order valence-corrected chi connectivity index (χ1v) is 9.12. The van der Waals surface area contributed by atoms with Crippen molar-refractivity contribution in [3.05, 3.63) is 26.9 Å². The fraction of sp³-hybridized carbons (Fsp3) is 0.333. The average Bonchev–Trinajstić information content (AvgIpc) is 1.95. The van der Waals surface area contributed by atoms with Gasteiger partial charge in [-0.3, -0.25) is 0 Å². The third kappa shape index (κ3) is 3.36. The van der Waals surface area contributed by atoms with Crippen LogP contribution in [-0.2, 0) is 0 Å². The predicted molar refractivity (Wildman–Crippen MR) is 65.8 cm³/mol. The zero-order valence-corrected chi connectivity index (χ0v) is 12.4. The van der Waals surface area contributed by atoms with Gasteiger partial charge in [0, 0.05) is 0 Å². The van der Waals surface area contributed by atoms with E-state index in [4.69, 9.17) is 4.43 Å². The van der Waals surface area contributed by atoms with Crippen LogP contribution in [0.4, 0.5) is 4.39 Å². The van der Waals surface area contributed by atoms with Crippen LogP contribution < -0.4 is 4.43 Å². The summed E-state index contributed by atoms with van der Waals surface area (Å²) in [4.78, 5) is 0. The summed E-state index contributed by atoms with van der Waals surface area (Å²) in [6.07, 6.45) is 0.